The Morgan fingerprint density at radius 3 is 1.88 bits per heavy atom. The van der Waals surface area contributed by atoms with Gasteiger partial charge < -0.3 is 4.74 Å². The van der Waals surface area contributed by atoms with E-state index >= 15 is 0 Å². The summed E-state index contributed by atoms with van der Waals surface area (Å²) in [6.07, 6.45) is 0. The van der Waals surface area contributed by atoms with E-state index in [9.17, 15) is 16.8 Å². The molecular weight excluding hydrogens is 460 g/mol. The molecule has 3 aromatic carbocycles. The van der Waals surface area contributed by atoms with Crippen molar-refractivity contribution in [2.75, 3.05) is 4.72 Å². The number of hydrogen-bond acceptors (Lipinski definition) is 5. The summed E-state index contributed by atoms with van der Waals surface area (Å²) in [6, 6.07) is 24.9. The second-order valence-electron chi connectivity index (χ2n) is 7.36. The largest absolute Gasteiger partial charge is 0.457 e. The molecular formula is C24H22N2O5S2. The standard InChI is InChI=1S/C24H22N2O5S2/c1-18-17-24(19(2)26(18)33(29,30)23-11-7-4-8-12-23)32(27,28)25-20-13-15-22(16-14-20)31-21-9-5-3-6-10-21/h3-17,25H,1-2H3. The van der Waals surface area contributed by atoms with Gasteiger partial charge in [-0.25, -0.2) is 20.8 Å². The smallest absolute Gasteiger partial charge is 0.268 e. The van der Waals surface area contributed by atoms with Crippen LogP contribution in [0.5, 0.6) is 11.5 Å². The van der Waals surface area contributed by atoms with E-state index in [1.54, 1.807) is 49.4 Å². The number of hydrogen-bond donors (Lipinski definition) is 1. The lowest BCUT2D eigenvalue weighted by Gasteiger charge is -2.12. The van der Waals surface area contributed by atoms with Crippen molar-refractivity contribution < 1.29 is 21.6 Å². The molecule has 9 heteroatoms. The van der Waals surface area contributed by atoms with Gasteiger partial charge in [0.05, 0.1) is 10.6 Å². The summed E-state index contributed by atoms with van der Waals surface area (Å²) in [5.41, 5.74) is 0.724. The summed E-state index contributed by atoms with van der Waals surface area (Å²) < 4.78 is 61.6. The summed E-state index contributed by atoms with van der Waals surface area (Å²) in [6.45, 7) is 3.03. The van der Waals surface area contributed by atoms with Crippen molar-refractivity contribution in [2.24, 2.45) is 0 Å². The molecule has 0 aliphatic heterocycles. The molecule has 33 heavy (non-hydrogen) atoms. The molecule has 0 aliphatic rings. The maximum atomic E-state index is 13.1. The first-order valence-corrected chi connectivity index (χ1v) is 13.0. The molecule has 4 rings (SSSR count). The minimum atomic E-state index is -4.04. The third kappa shape index (κ3) is 4.64. The van der Waals surface area contributed by atoms with Gasteiger partial charge in [-0.15, -0.1) is 0 Å². The molecule has 0 fully saturated rings. The monoisotopic (exact) mass is 482 g/mol. The lowest BCUT2D eigenvalue weighted by Crippen LogP contribution is -2.18. The Morgan fingerprint density at radius 2 is 1.27 bits per heavy atom. The van der Waals surface area contributed by atoms with Gasteiger partial charge in [0.15, 0.2) is 0 Å². The van der Waals surface area contributed by atoms with Crippen LogP contribution in [0, 0.1) is 13.8 Å². The molecule has 170 valence electrons. The molecule has 0 bridgehead atoms. The van der Waals surface area contributed by atoms with Gasteiger partial charge in [-0.05, 0) is 68.4 Å². The zero-order chi connectivity index (χ0) is 23.6. The van der Waals surface area contributed by atoms with Crippen molar-refractivity contribution in [3.05, 3.63) is 102 Å². The van der Waals surface area contributed by atoms with Crippen LogP contribution in [0.25, 0.3) is 0 Å². The van der Waals surface area contributed by atoms with Crippen LogP contribution in [-0.4, -0.2) is 20.8 Å². The van der Waals surface area contributed by atoms with E-state index in [0.717, 1.165) is 3.97 Å². The summed E-state index contributed by atoms with van der Waals surface area (Å²) in [5.74, 6) is 1.22. The number of para-hydroxylation sites is 1. The van der Waals surface area contributed by atoms with E-state index in [4.69, 9.17) is 4.74 Å². The molecule has 1 heterocycles. The lowest BCUT2D eigenvalue weighted by atomic mass is 10.3. The second-order valence-corrected chi connectivity index (χ2v) is 10.8. The van der Waals surface area contributed by atoms with E-state index in [1.807, 2.05) is 30.3 Å². The minimum Gasteiger partial charge on any atom is -0.457 e. The van der Waals surface area contributed by atoms with E-state index in [2.05, 4.69) is 4.72 Å². The van der Waals surface area contributed by atoms with Crippen LogP contribution >= 0.6 is 0 Å². The van der Waals surface area contributed by atoms with Gasteiger partial charge in [0.1, 0.15) is 16.4 Å². The molecule has 0 atom stereocenters. The molecule has 0 unspecified atom stereocenters. The average molecular weight is 483 g/mol. The maximum Gasteiger partial charge on any atom is 0.268 e. The third-order valence-electron chi connectivity index (χ3n) is 4.98. The van der Waals surface area contributed by atoms with Crippen LogP contribution in [0.3, 0.4) is 0 Å². The van der Waals surface area contributed by atoms with Crippen LogP contribution in [0.1, 0.15) is 11.4 Å². The van der Waals surface area contributed by atoms with Gasteiger partial charge in [-0.1, -0.05) is 36.4 Å². The minimum absolute atomic E-state index is 0.0812. The van der Waals surface area contributed by atoms with Gasteiger partial charge in [-0.2, -0.15) is 0 Å². The van der Waals surface area contributed by atoms with Crippen molar-refractivity contribution in [3.63, 3.8) is 0 Å². The highest BCUT2D eigenvalue weighted by atomic mass is 32.2. The fraction of sp³-hybridized carbons (Fsp3) is 0.0833. The van der Waals surface area contributed by atoms with E-state index < -0.39 is 20.0 Å². The molecule has 0 saturated heterocycles. The summed E-state index contributed by atoms with van der Waals surface area (Å²) in [4.78, 5) is -0.0261. The highest BCUT2D eigenvalue weighted by molar-refractivity contribution is 7.93. The van der Waals surface area contributed by atoms with Crippen LogP contribution in [0.2, 0.25) is 0 Å². The number of anilines is 1. The van der Waals surface area contributed by atoms with Gasteiger partial charge >= 0.3 is 0 Å². The second kappa shape index (κ2) is 8.76. The fourth-order valence-electron chi connectivity index (χ4n) is 3.48. The van der Waals surface area contributed by atoms with Gasteiger partial charge in [0.2, 0.25) is 0 Å². The number of benzene rings is 3. The Morgan fingerprint density at radius 1 is 0.727 bits per heavy atom. The van der Waals surface area contributed by atoms with E-state index in [0.29, 0.717) is 22.9 Å². The lowest BCUT2D eigenvalue weighted by molar-refractivity contribution is 0.483. The number of rotatable bonds is 7. The number of aryl methyl sites for hydroxylation is 1. The topological polar surface area (TPSA) is 94.5 Å². The van der Waals surface area contributed by atoms with Gasteiger partial charge in [-0.3, -0.25) is 4.72 Å². The summed E-state index contributed by atoms with van der Waals surface area (Å²) in [7, 11) is -7.98. The molecule has 4 aromatic rings. The van der Waals surface area contributed by atoms with Crippen molar-refractivity contribution in [2.45, 2.75) is 23.6 Å². The number of sulfonamides is 1. The third-order valence-corrected chi connectivity index (χ3v) is 8.39. The Bertz CT molecular complexity index is 1480. The van der Waals surface area contributed by atoms with Gasteiger partial charge in [0.25, 0.3) is 20.0 Å². The Kier molecular flexibility index (Phi) is 6.01. The first-order valence-electron chi connectivity index (χ1n) is 10.0. The molecule has 1 N–H and O–H groups in total. The Balaban J connectivity index is 1.60. The Hall–Kier alpha value is -3.56. The van der Waals surface area contributed by atoms with Crippen LogP contribution in [0.15, 0.2) is 101 Å². The highest BCUT2D eigenvalue weighted by Gasteiger charge is 2.28. The quantitative estimate of drug-likeness (QED) is 0.403. The molecule has 0 amide bonds. The predicted molar refractivity (Wildman–Crippen MR) is 127 cm³/mol. The van der Waals surface area contributed by atoms with Crippen LogP contribution in [-0.2, 0) is 20.0 Å². The zero-order valence-electron chi connectivity index (χ0n) is 18.0. The van der Waals surface area contributed by atoms with E-state index in [1.165, 1.54) is 25.1 Å². The first-order chi connectivity index (χ1) is 15.7. The predicted octanol–water partition coefficient (Wildman–Crippen LogP) is 4.94. The number of nitrogens with one attached hydrogen (secondary N) is 1. The van der Waals surface area contributed by atoms with Crippen molar-refractivity contribution in [1.29, 1.82) is 0 Å². The maximum absolute atomic E-state index is 13.1. The number of nitrogens with zero attached hydrogens (tertiary/aromatic N) is 1. The molecule has 0 radical (unpaired) electrons. The Labute approximate surface area is 193 Å². The van der Waals surface area contributed by atoms with E-state index in [-0.39, 0.29) is 15.5 Å². The molecule has 0 saturated carbocycles. The van der Waals surface area contributed by atoms with Gasteiger partial charge in [0, 0.05) is 11.4 Å². The number of aromatic nitrogens is 1. The average Bonchev–Trinajstić information content (AvgIpc) is 3.12. The molecule has 1 aromatic heterocycles. The highest BCUT2D eigenvalue weighted by Crippen LogP contribution is 2.28. The van der Waals surface area contributed by atoms with Crippen molar-refractivity contribution in [1.82, 2.24) is 3.97 Å². The summed E-state index contributed by atoms with van der Waals surface area (Å²) in [5, 5.41) is 0. The van der Waals surface area contributed by atoms with Crippen molar-refractivity contribution >= 4 is 25.7 Å². The van der Waals surface area contributed by atoms with Crippen molar-refractivity contribution in [3.8, 4) is 11.5 Å². The fourth-order valence-corrected chi connectivity index (χ4v) is 6.51. The zero-order valence-corrected chi connectivity index (χ0v) is 19.6. The summed E-state index contributed by atoms with van der Waals surface area (Å²) >= 11 is 0. The normalized spacial score (nSPS) is 11.8. The molecule has 7 nitrogen and oxygen atoms in total. The van der Waals surface area contributed by atoms with Crippen LogP contribution < -0.4 is 9.46 Å². The molecule has 0 aliphatic carbocycles. The van der Waals surface area contributed by atoms with Crippen LogP contribution in [0.4, 0.5) is 5.69 Å². The first kappa shape index (κ1) is 22.6. The number of ether oxygens (including phenoxy) is 1. The SMILES string of the molecule is Cc1cc(S(=O)(=O)Nc2ccc(Oc3ccccc3)cc2)c(C)n1S(=O)(=O)c1ccccc1. The molecule has 0 spiro atoms.